The molecule has 0 saturated carbocycles. The number of carbonyl (C=O) groups excluding carboxylic acids is 2. The Morgan fingerprint density at radius 2 is 1.54 bits per heavy atom. The van der Waals surface area contributed by atoms with Crippen LogP contribution in [-0.2, 0) is 9.59 Å². The van der Waals surface area contributed by atoms with Crippen LogP contribution in [0.15, 0.2) is 30.3 Å². The highest BCUT2D eigenvalue weighted by Gasteiger charge is 2.15. The van der Waals surface area contributed by atoms with Crippen LogP contribution >= 0.6 is 11.6 Å². The van der Waals surface area contributed by atoms with Crippen molar-refractivity contribution in [2.45, 2.75) is 41.0 Å². The molecule has 26 heavy (non-hydrogen) atoms. The molecule has 2 aromatic rings. The summed E-state index contributed by atoms with van der Waals surface area (Å²) < 4.78 is 0. The van der Waals surface area contributed by atoms with Gasteiger partial charge in [0.25, 0.3) is 0 Å². The van der Waals surface area contributed by atoms with E-state index in [1.807, 2.05) is 52.0 Å². The summed E-state index contributed by atoms with van der Waals surface area (Å²) in [5.74, 6) is -0.262. The smallest absolute Gasteiger partial charge is 0.226 e. The summed E-state index contributed by atoms with van der Waals surface area (Å²) in [6.07, 6.45) is 0.191. The summed E-state index contributed by atoms with van der Waals surface area (Å²) in [5, 5.41) is 3.39. The summed E-state index contributed by atoms with van der Waals surface area (Å²) >= 11 is 6.24. The van der Waals surface area contributed by atoms with E-state index < -0.39 is 0 Å². The highest BCUT2D eigenvalue weighted by Crippen LogP contribution is 2.27. The number of hydrogen-bond acceptors (Lipinski definition) is 2. The molecule has 0 aliphatic heterocycles. The number of aryl methyl sites for hydroxylation is 4. The van der Waals surface area contributed by atoms with Gasteiger partial charge in [0.2, 0.25) is 11.8 Å². The molecule has 0 aliphatic carbocycles. The number of amides is 2. The zero-order valence-electron chi connectivity index (χ0n) is 15.9. The van der Waals surface area contributed by atoms with Gasteiger partial charge in [0.1, 0.15) is 0 Å². The third kappa shape index (κ3) is 5.09. The van der Waals surface area contributed by atoms with Crippen molar-refractivity contribution in [2.24, 2.45) is 0 Å². The van der Waals surface area contributed by atoms with E-state index in [2.05, 4.69) is 11.4 Å². The number of nitrogens with zero attached hydrogens (tertiary/aromatic N) is 1. The van der Waals surface area contributed by atoms with Crippen molar-refractivity contribution < 1.29 is 9.59 Å². The third-order valence-corrected chi connectivity index (χ3v) is 4.45. The normalized spacial score (nSPS) is 10.5. The summed E-state index contributed by atoms with van der Waals surface area (Å²) in [4.78, 5) is 26.1. The summed E-state index contributed by atoms with van der Waals surface area (Å²) in [7, 11) is 0. The standard InChI is InChI=1S/C21H25ClN2O2/c1-13-8-14(2)11-18(10-13)24(17(5)25)7-6-20(26)23-21-16(4)9-15(3)12-19(21)22/h8-12H,6-7H2,1-5H3,(H,23,26). The van der Waals surface area contributed by atoms with Gasteiger partial charge in [-0.3, -0.25) is 9.59 Å². The molecule has 138 valence electrons. The first-order valence-corrected chi connectivity index (χ1v) is 8.98. The fourth-order valence-electron chi connectivity index (χ4n) is 3.06. The monoisotopic (exact) mass is 372 g/mol. The highest BCUT2D eigenvalue weighted by molar-refractivity contribution is 6.34. The fourth-order valence-corrected chi connectivity index (χ4v) is 3.43. The topological polar surface area (TPSA) is 49.4 Å². The molecule has 0 heterocycles. The Morgan fingerprint density at radius 3 is 2.08 bits per heavy atom. The average molecular weight is 373 g/mol. The van der Waals surface area contributed by atoms with E-state index in [4.69, 9.17) is 11.6 Å². The second kappa shape index (κ2) is 8.37. The van der Waals surface area contributed by atoms with Crippen molar-refractivity contribution in [1.82, 2.24) is 0 Å². The molecule has 2 amide bonds. The van der Waals surface area contributed by atoms with Gasteiger partial charge in [0, 0.05) is 25.6 Å². The molecular formula is C21H25ClN2O2. The molecule has 2 aromatic carbocycles. The van der Waals surface area contributed by atoms with E-state index in [0.717, 1.165) is 27.9 Å². The van der Waals surface area contributed by atoms with Crippen molar-refractivity contribution >= 4 is 34.8 Å². The molecule has 5 heteroatoms. The van der Waals surface area contributed by atoms with Crippen molar-refractivity contribution in [1.29, 1.82) is 0 Å². The number of rotatable bonds is 5. The molecule has 0 bridgehead atoms. The van der Waals surface area contributed by atoms with E-state index in [-0.39, 0.29) is 18.2 Å². The molecule has 0 saturated heterocycles. The van der Waals surface area contributed by atoms with Gasteiger partial charge >= 0.3 is 0 Å². The van der Waals surface area contributed by atoms with E-state index in [1.165, 1.54) is 6.92 Å². The highest BCUT2D eigenvalue weighted by atomic mass is 35.5. The molecular weight excluding hydrogens is 348 g/mol. The Labute approximate surface area is 160 Å². The predicted molar refractivity (Wildman–Crippen MR) is 108 cm³/mol. The lowest BCUT2D eigenvalue weighted by atomic mass is 10.1. The van der Waals surface area contributed by atoms with Crippen LogP contribution in [0.2, 0.25) is 5.02 Å². The first kappa shape index (κ1) is 20.0. The second-order valence-corrected chi connectivity index (χ2v) is 7.16. The molecule has 0 aliphatic rings. The molecule has 0 unspecified atom stereocenters. The summed E-state index contributed by atoms with van der Waals surface area (Å²) in [6, 6.07) is 9.75. The average Bonchev–Trinajstić information content (AvgIpc) is 2.49. The molecule has 1 N–H and O–H groups in total. The minimum atomic E-state index is -0.172. The lowest BCUT2D eigenvalue weighted by Gasteiger charge is -2.22. The molecule has 0 aromatic heterocycles. The molecule has 0 fully saturated rings. The maximum Gasteiger partial charge on any atom is 0.226 e. The van der Waals surface area contributed by atoms with E-state index in [1.54, 1.807) is 4.90 Å². The van der Waals surface area contributed by atoms with Gasteiger partial charge < -0.3 is 10.2 Å². The Hall–Kier alpha value is -2.33. The van der Waals surface area contributed by atoms with E-state index in [9.17, 15) is 9.59 Å². The molecule has 2 rings (SSSR count). The molecule has 0 atom stereocenters. The number of hydrogen-bond donors (Lipinski definition) is 1. The number of benzene rings is 2. The van der Waals surface area contributed by atoms with E-state index >= 15 is 0 Å². The Bertz CT molecular complexity index is 803. The zero-order chi connectivity index (χ0) is 19.4. The SMILES string of the molecule is CC(=O)N(CCC(=O)Nc1c(C)cc(C)cc1Cl)c1cc(C)cc(C)c1. The molecule has 0 spiro atoms. The quantitative estimate of drug-likeness (QED) is 0.806. The van der Waals surface area contributed by atoms with Gasteiger partial charge in [0.05, 0.1) is 10.7 Å². The van der Waals surface area contributed by atoms with Crippen molar-refractivity contribution in [3.8, 4) is 0 Å². The minimum absolute atomic E-state index is 0.0904. The molecule has 0 radical (unpaired) electrons. The predicted octanol–water partition coefficient (Wildman–Crippen LogP) is 4.96. The van der Waals surface area contributed by atoms with Crippen molar-refractivity contribution in [3.05, 3.63) is 57.6 Å². The Balaban J connectivity index is 2.10. The van der Waals surface area contributed by atoms with Crippen LogP contribution in [-0.4, -0.2) is 18.4 Å². The van der Waals surface area contributed by atoms with Gasteiger partial charge in [-0.25, -0.2) is 0 Å². The van der Waals surface area contributed by atoms with Crippen molar-refractivity contribution in [3.63, 3.8) is 0 Å². The maximum atomic E-state index is 12.4. The largest absolute Gasteiger partial charge is 0.324 e. The number of anilines is 2. The van der Waals surface area contributed by atoms with Crippen molar-refractivity contribution in [2.75, 3.05) is 16.8 Å². The first-order valence-electron chi connectivity index (χ1n) is 8.60. The van der Waals surface area contributed by atoms with Gasteiger partial charge in [-0.05, 0) is 68.1 Å². The van der Waals surface area contributed by atoms with Crippen LogP contribution in [0.1, 0.15) is 35.6 Å². The second-order valence-electron chi connectivity index (χ2n) is 6.75. The van der Waals surface area contributed by atoms with Crippen LogP contribution in [0, 0.1) is 27.7 Å². The summed E-state index contributed by atoms with van der Waals surface area (Å²) in [6.45, 7) is 9.67. The van der Waals surface area contributed by atoms with Crippen LogP contribution in [0.3, 0.4) is 0 Å². The number of halogens is 1. The van der Waals surface area contributed by atoms with Crippen LogP contribution in [0.5, 0.6) is 0 Å². The van der Waals surface area contributed by atoms with Gasteiger partial charge in [0.15, 0.2) is 0 Å². The zero-order valence-corrected chi connectivity index (χ0v) is 16.7. The number of nitrogens with one attached hydrogen (secondary N) is 1. The van der Waals surface area contributed by atoms with Crippen LogP contribution in [0.4, 0.5) is 11.4 Å². The summed E-state index contributed by atoms with van der Waals surface area (Å²) in [5.41, 5.74) is 5.56. The first-order chi connectivity index (χ1) is 12.2. The third-order valence-electron chi connectivity index (χ3n) is 4.16. The maximum absolute atomic E-state index is 12.4. The van der Waals surface area contributed by atoms with Gasteiger partial charge in [-0.2, -0.15) is 0 Å². The lowest BCUT2D eigenvalue weighted by Crippen LogP contribution is -2.32. The Kier molecular flexibility index (Phi) is 6.43. The van der Waals surface area contributed by atoms with Gasteiger partial charge in [-0.15, -0.1) is 0 Å². The molecule has 4 nitrogen and oxygen atoms in total. The van der Waals surface area contributed by atoms with Gasteiger partial charge in [-0.1, -0.05) is 23.7 Å². The van der Waals surface area contributed by atoms with E-state index in [0.29, 0.717) is 17.3 Å². The van der Waals surface area contributed by atoms with Crippen LogP contribution in [0.25, 0.3) is 0 Å². The Morgan fingerprint density at radius 1 is 0.962 bits per heavy atom. The van der Waals surface area contributed by atoms with Crippen LogP contribution < -0.4 is 10.2 Å². The number of carbonyl (C=O) groups is 2. The minimum Gasteiger partial charge on any atom is -0.324 e. The fraction of sp³-hybridized carbons (Fsp3) is 0.333. The lowest BCUT2D eigenvalue weighted by molar-refractivity contribution is -0.117.